The number of hydrogen-bond donors (Lipinski definition) is 2. The minimum absolute atomic E-state index is 0.208. The molecule has 0 saturated carbocycles. The van der Waals surface area contributed by atoms with Gasteiger partial charge in [0.15, 0.2) is 0 Å². The fourth-order valence-electron chi connectivity index (χ4n) is 3.73. The van der Waals surface area contributed by atoms with Gasteiger partial charge in [-0.3, -0.25) is 9.69 Å². The summed E-state index contributed by atoms with van der Waals surface area (Å²) in [6.45, 7) is 1.93. The second-order valence-corrected chi connectivity index (χ2v) is 7.93. The third-order valence-electron chi connectivity index (χ3n) is 5.74. The van der Waals surface area contributed by atoms with Crippen LogP contribution in [0.5, 0.6) is 5.75 Å². The molecule has 1 amide bonds. The molecule has 0 spiro atoms. The zero-order valence-electron chi connectivity index (χ0n) is 18.1. The highest BCUT2D eigenvalue weighted by molar-refractivity contribution is 5.95. The Morgan fingerprint density at radius 1 is 0.971 bits per heavy atom. The fourth-order valence-corrected chi connectivity index (χ4v) is 3.73. The van der Waals surface area contributed by atoms with Crippen LogP contribution in [-0.2, 0) is 12.1 Å². The number of hydrogen-bond acceptors (Lipinski definition) is 5. The number of aliphatic hydroxyl groups is 1. The second-order valence-electron chi connectivity index (χ2n) is 7.93. The van der Waals surface area contributed by atoms with E-state index in [0.717, 1.165) is 12.1 Å². The van der Waals surface area contributed by atoms with Crippen LogP contribution < -0.4 is 10.5 Å². The molecule has 0 aromatic heterocycles. The third-order valence-corrected chi connectivity index (χ3v) is 5.74. The maximum Gasteiger partial charge on any atom is 0.430 e. The number of benzene rings is 2. The summed E-state index contributed by atoms with van der Waals surface area (Å²) in [4.78, 5) is 16.3. The van der Waals surface area contributed by atoms with Gasteiger partial charge < -0.3 is 20.5 Å². The van der Waals surface area contributed by atoms with E-state index in [1.54, 1.807) is 23.1 Å². The van der Waals surface area contributed by atoms with E-state index in [9.17, 15) is 36.2 Å². The Morgan fingerprint density at radius 2 is 1.53 bits per heavy atom. The van der Waals surface area contributed by atoms with E-state index in [-0.39, 0.29) is 12.5 Å². The number of nitrogens with zero attached hydrogens (tertiary/aromatic N) is 2. The molecule has 34 heavy (non-hydrogen) atoms. The smallest absolute Gasteiger partial charge is 0.430 e. The fraction of sp³-hybridized carbons (Fsp3) is 0.409. The number of piperazine rings is 1. The Labute approximate surface area is 191 Å². The number of halogens is 6. The van der Waals surface area contributed by atoms with Crippen molar-refractivity contribution < 1.29 is 41.0 Å². The largest absolute Gasteiger partial charge is 0.495 e. The van der Waals surface area contributed by atoms with E-state index in [1.165, 1.54) is 7.11 Å². The van der Waals surface area contributed by atoms with E-state index in [2.05, 4.69) is 0 Å². The maximum absolute atomic E-state index is 13.0. The zero-order valence-corrected chi connectivity index (χ0v) is 18.1. The average Bonchev–Trinajstić information content (AvgIpc) is 2.78. The highest BCUT2D eigenvalue weighted by Gasteiger charge is 2.71. The summed E-state index contributed by atoms with van der Waals surface area (Å²) >= 11 is 0. The summed E-state index contributed by atoms with van der Waals surface area (Å²) in [5.41, 5.74) is 0.801. The highest BCUT2D eigenvalue weighted by atomic mass is 19.4. The van der Waals surface area contributed by atoms with Crippen molar-refractivity contribution in [3.63, 3.8) is 0 Å². The first-order chi connectivity index (χ1) is 15.8. The molecule has 0 aliphatic carbocycles. The van der Waals surface area contributed by atoms with E-state index >= 15 is 0 Å². The van der Waals surface area contributed by atoms with Gasteiger partial charge in [0.1, 0.15) is 5.75 Å². The Bertz CT molecular complexity index is 1000. The van der Waals surface area contributed by atoms with Gasteiger partial charge in [-0.2, -0.15) is 26.3 Å². The molecule has 3 N–H and O–H groups in total. The molecule has 1 aliphatic rings. The molecule has 6 nitrogen and oxygen atoms in total. The van der Waals surface area contributed by atoms with Gasteiger partial charge in [-0.1, -0.05) is 24.3 Å². The van der Waals surface area contributed by atoms with Crippen LogP contribution in [0.2, 0.25) is 0 Å². The number of amides is 1. The van der Waals surface area contributed by atoms with Crippen LogP contribution in [0.1, 0.15) is 21.5 Å². The van der Waals surface area contributed by atoms with Crippen molar-refractivity contribution in [1.82, 2.24) is 9.80 Å². The number of methoxy groups -OCH3 is 1. The molecule has 1 aliphatic heterocycles. The molecule has 1 fully saturated rings. The van der Waals surface area contributed by atoms with Gasteiger partial charge in [-0.15, -0.1) is 0 Å². The Kier molecular flexibility index (Phi) is 7.04. The topological polar surface area (TPSA) is 79.0 Å². The number of anilines is 1. The Hall–Kier alpha value is -2.99. The van der Waals surface area contributed by atoms with Crippen molar-refractivity contribution in [2.75, 3.05) is 39.0 Å². The van der Waals surface area contributed by atoms with Gasteiger partial charge >= 0.3 is 12.4 Å². The lowest BCUT2D eigenvalue weighted by atomic mass is 9.91. The van der Waals surface area contributed by atoms with Crippen LogP contribution in [0.4, 0.5) is 32.0 Å². The number of nitrogens with two attached hydrogens (primary N) is 1. The van der Waals surface area contributed by atoms with Crippen molar-refractivity contribution in [1.29, 1.82) is 0 Å². The first kappa shape index (κ1) is 25.6. The summed E-state index contributed by atoms with van der Waals surface area (Å²) in [6.07, 6.45) is -11.9. The molecule has 186 valence electrons. The third kappa shape index (κ3) is 4.92. The molecule has 1 saturated heterocycles. The molecule has 0 radical (unpaired) electrons. The van der Waals surface area contributed by atoms with Crippen LogP contribution in [-0.4, -0.2) is 66.5 Å². The van der Waals surface area contributed by atoms with E-state index in [0.29, 0.717) is 60.9 Å². The van der Waals surface area contributed by atoms with Crippen molar-refractivity contribution in [2.45, 2.75) is 24.5 Å². The van der Waals surface area contributed by atoms with Gasteiger partial charge in [-0.05, 0) is 23.8 Å². The molecular weight excluding hydrogens is 468 g/mol. The number of carbonyl (C=O) groups excluding carboxylic acids is 1. The van der Waals surface area contributed by atoms with Crippen LogP contribution in [0, 0.1) is 0 Å². The van der Waals surface area contributed by atoms with Gasteiger partial charge in [0.25, 0.3) is 11.5 Å². The molecule has 0 bridgehead atoms. The minimum atomic E-state index is -5.93. The van der Waals surface area contributed by atoms with Gasteiger partial charge in [0.2, 0.25) is 0 Å². The lowest BCUT2D eigenvalue weighted by Crippen LogP contribution is -2.53. The van der Waals surface area contributed by atoms with Crippen LogP contribution in [0.15, 0.2) is 42.5 Å². The molecule has 0 unspecified atom stereocenters. The van der Waals surface area contributed by atoms with E-state index in [1.807, 2.05) is 4.90 Å². The standard InChI is InChI=1S/C22H23F6N3O3/c1-34-18-12-15(4-7-17(18)29)19(32)31-10-8-30(9-11-31)13-14-2-5-16(6-3-14)20(33,21(23,24)25)22(26,27)28/h2-7,12,33H,8-11,13,29H2,1H3. The average molecular weight is 491 g/mol. The molecule has 2 aromatic rings. The second kappa shape index (κ2) is 9.34. The van der Waals surface area contributed by atoms with Crippen molar-refractivity contribution in [3.05, 3.63) is 59.2 Å². The number of carbonyl (C=O) groups is 1. The predicted molar refractivity (Wildman–Crippen MR) is 111 cm³/mol. The van der Waals surface area contributed by atoms with Gasteiger partial charge in [0, 0.05) is 43.9 Å². The van der Waals surface area contributed by atoms with Gasteiger partial charge in [0.05, 0.1) is 12.8 Å². The molecular formula is C22H23F6N3O3. The lowest BCUT2D eigenvalue weighted by Gasteiger charge is -2.35. The van der Waals surface area contributed by atoms with Crippen LogP contribution in [0.3, 0.4) is 0 Å². The van der Waals surface area contributed by atoms with Crippen LogP contribution in [0.25, 0.3) is 0 Å². The SMILES string of the molecule is COc1cc(C(=O)N2CCN(Cc3ccc(C(O)(C(F)(F)F)C(F)(F)F)cc3)CC2)ccc1N. The summed E-state index contributed by atoms with van der Waals surface area (Å²) < 4.78 is 83.3. The summed E-state index contributed by atoms with van der Waals surface area (Å²) in [6, 6.07) is 8.22. The van der Waals surface area contributed by atoms with Crippen LogP contribution >= 0.6 is 0 Å². The van der Waals surface area contributed by atoms with Gasteiger partial charge in [-0.25, -0.2) is 0 Å². The lowest BCUT2D eigenvalue weighted by molar-refractivity contribution is -0.376. The first-order valence-electron chi connectivity index (χ1n) is 10.2. The molecule has 2 aromatic carbocycles. The number of alkyl halides is 6. The Balaban J connectivity index is 1.63. The zero-order chi connectivity index (χ0) is 25.3. The van der Waals surface area contributed by atoms with E-state index in [4.69, 9.17) is 10.5 Å². The molecule has 12 heteroatoms. The number of rotatable bonds is 5. The predicted octanol–water partition coefficient (Wildman–Crippen LogP) is 3.55. The van der Waals surface area contributed by atoms with Crippen molar-refractivity contribution >= 4 is 11.6 Å². The minimum Gasteiger partial charge on any atom is -0.495 e. The van der Waals surface area contributed by atoms with Crippen molar-refractivity contribution in [2.24, 2.45) is 0 Å². The summed E-state index contributed by atoms with van der Waals surface area (Å²) in [5, 5.41) is 9.48. The summed E-state index contributed by atoms with van der Waals surface area (Å²) in [7, 11) is 1.44. The summed E-state index contributed by atoms with van der Waals surface area (Å²) in [5.74, 6) is 0.178. The normalized spacial score (nSPS) is 15.9. The maximum atomic E-state index is 13.0. The Morgan fingerprint density at radius 3 is 2.03 bits per heavy atom. The first-order valence-corrected chi connectivity index (χ1v) is 10.2. The molecule has 1 heterocycles. The van der Waals surface area contributed by atoms with Crippen molar-refractivity contribution in [3.8, 4) is 5.75 Å². The monoisotopic (exact) mass is 491 g/mol. The quantitative estimate of drug-likeness (QED) is 0.494. The highest BCUT2D eigenvalue weighted by Crippen LogP contribution is 2.49. The van der Waals surface area contributed by atoms with E-state index < -0.39 is 23.5 Å². The molecule has 3 rings (SSSR count). The number of ether oxygens (including phenoxy) is 1. The molecule has 0 atom stereocenters. The number of nitrogen functional groups attached to an aromatic ring is 1.